The number of hydrogen-bond acceptors (Lipinski definition) is 2. The van der Waals surface area contributed by atoms with Gasteiger partial charge < -0.3 is 0 Å². The van der Waals surface area contributed by atoms with Crippen LogP contribution in [0.2, 0.25) is 0 Å². The molecule has 4 nitrogen and oxygen atoms in total. The first-order chi connectivity index (χ1) is 12.4. The number of amides is 1. The summed E-state index contributed by atoms with van der Waals surface area (Å²) in [4.78, 5) is 15.1. The minimum absolute atomic E-state index is 0.543. The fourth-order valence-electron chi connectivity index (χ4n) is 2.04. The zero-order valence-electron chi connectivity index (χ0n) is 13.5. The first-order valence-corrected chi connectivity index (χ1v) is 7.48. The average Bonchev–Trinajstić information content (AvgIpc) is 2.61. The first kappa shape index (κ1) is 20.6. The van der Waals surface area contributed by atoms with Crippen LogP contribution in [0.15, 0.2) is 49.1 Å². The third-order valence-electron chi connectivity index (χ3n) is 3.62. The van der Waals surface area contributed by atoms with Gasteiger partial charge in [-0.3, -0.25) is 9.78 Å². The largest absolute Gasteiger partial charge is 0.460 e. The molecule has 0 saturated heterocycles. The van der Waals surface area contributed by atoms with E-state index in [1.807, 2.05) is 0 Å². The zero-order valence-corrected chi connectivity index (χ0v) is 13.5. The maximum atomic E-state index is 13.3. The summed E-state index contributed by atoms with van der Waals surface area (Å²) < 4.78 is 89.0. The molecule has 2 rings (SSSR count). The smallest absolute Gasteiger partial charge is 0.265 e. The number of carbonyl (C=O) groups excluding carboxylic acids is 1. The lowest BCUT2D eigenvalue weighted by Crippen LogP contribution is -2.62. The lowest BCUT2D eigenvalue weighted by Gasteiger charge is -2.25. The molecule has 0 spiro atoms. The molecule has 0 aromatic carbocycles. The van der Waals surface area contributed by atoms with Gasteiger partial charge in [0.25, 0.3) is 0 Å². The highest BCUT2D eigenvalue weighted by Gasteiger charge is 2.77. The van der Waals surface area contributed by atoms with Gasteiger partial charge >= 0.3 is 23.9 Å². The summed E-state index contributed by atoms with van der Waals surface area (Å²) in [6.07, 6.45) is -0.0597. The molecular weight excluding hydrogens is 383 g/mol. The number of pyridine rings is 2. The van der Waals surface area contributed by atoms with Crippen molar-refractivity contribution in [1.82, 2.24) is 4.98 Å². The number of carbonyl (C=O) groups is 1. The van der Waals surface area contributed by atoms with Gasteiger partial charge in [0.05, 0.1) is 0 Å². The molecule has 1 N–H and O–H groups in total. The van der Waals surface area contributed by atoms with Crippen LogP contribution in [-0.2, 0) is 17.6 Å². The van der Waals surface area contributed by atoms with Crippen LogP contribution in [0.5, 0.6) is 0 Å². The molecule has 0 atom stereocenters. The second-order valence-corrected chi connectivity index (χ2v) is 5.56. The summed E-state index contributed by atoms with van der Waals surface area (Å²) in [7, 11) is 0. The molecule has 0 fully saturated rings. The van der Waals surface area contributed by atoms with Gasteiger partial charge in [0.1, 0.15) is 0 Å². The van der Waals surface area contributed by atoms with Crippen molar-refractivity contribution in [2.45, 2.75) is 30.9 Å². The van der Waals surface area contributed by atoms with Crippen LogP contribution in [0.3, 0.4) is 0 Å². The minimum atomic E-state index is -6.57. The Labute approximate surface area is 148 Å². The molecular formula is C16H13F7N3O+. The van der Waals surface area contributed by atoms with Gasteiger partial charge in [-0.15, -0.1) is 5.43 Å². The van der Waals surface area contributed by atoms with E-state index in [0.717, 1.165) is 23.5 Å². The van der Waals surface area contributed by atoms with Crippen LogP contribution < -0.4 is 10.1 Å². The van der Waals surface area contributed by atoms with Gasteiger partial charge in [0, 0.05) is 24.5 Å². The number of alkyl halides is 7. The van der Waals surface area contributed by atoms with Crippen LogP contribution in [0.1, 0.15) is 11.1 Å². The Morgan fingerprint density at radius 2 is 1.37 bits per heavy atom. The van der Waals surface area contributed by atoms with E-state index >= 15 is 0 Å². The Balaban J connectivity index is 2.02. The quantitative estimate of drug-likeness (QED) is 0.603. The second-order valence-electron chi connectivity index (χ2n) is 5.56. The van der Waals surface area contributed by atoms with Crippen molar-refractivity contribution in [3.8, 4) is 0 Å². The highest BCUT2D eigenvalue weighted by atomic mass is 19.4. The van der Waals surface area contributed by atoms with E-state index in [-0.39, 0.29) is 0 Å². The molecule has 0 aliphatic carbocycles. The fourth-order valence-corrected chi connectivity index (χ4v) is 2.04. The number of hydrogen-bond donors (Lipinski definition) is 1. The maximum absolute atomic E-state index is 13.3. The van der Waals surface area contributed by atoms with Crippen LogP contribution >= 0.6 is 0 Å². The van der Waals surface area contributed by atoms with Crippen LogP contribution in [0.25, 0.3) is 0 Å². The van der Waals surface area contributed by atoms with Crippen molar-refractivity contribution in [1.29, 1.82) is 0 Å². The third kappa shape index (κ3) is 4.52. The normalized spacial score (nSPS) is 12.7. The van der Waals surface area contributed by atoms with Gasteiger partial charge in [0.2, 0.25) is 0 Å². The molecule has 1 amide bonds. The van der Waals surface area contributed by atoms with Crippen molar-refractivity contribution in [3.63, 3.8) is 0 Å². The van der Waals surface area contributed by atoms with Gasteiger partial charge in [-0.1, -0.05) is 4.68 Å². The van der Waals surface area contributed by atoms with E-state index in [9.17, 15) is 35.5 Å². The van der Waals surface area contributed by atoms with Crippen molar-refractivity contribution >= 4 is 5.91 Å². The molecule has 0 aliphatic rings. The van der Waals surface area contributed by atoms with Gasteiger partial charge in [-0.25, -0.2) is 0 Å². The predicted molar refractivity (Wildman–Crippen MR) is 78.6 cm³/mol. The SMILES string of the molecule is O=C(N[n+]1ccc(CCc2ccncc2)cc1)C(F)(F)C(F)(F)C(F)(F)F. The predicted octanol–water partition coefficient (Wildman–Crippen LogP) is 3.06. The first-order valence-electron chi connectivity index (χ1n) is 7.48. The summed E-state index contributed by atoms with van der Waals surface area (Å²) >= 11 is 0. The Kier molecular flexibility index (Phi) is 5.71. The Morgan fingerprint density at radius 3 is 1.85 bits per heavy atom. The van der Waals surface area contributed by atoms with Gasteiger partial charge in [-0.2, -0.15) is 30.7 Å². The average molecular weight is 396 g/mol. The molecule has 27 heavy (non-hydrogen) atoms. The van der Waals surface area contributed by atoms with Gasteiger partial charge in [0.15, 0.2) is 12.4 Å². The number of nitrogens with one attached hydrogen (secondary N) is 1. The van der Waals surface area contributed by atoms with Crippen LogP contribution in [-0.4, -0.2) is 28.9 Å². The molecule has 0 aliphatic heterocycles. The summed E-state index contributed by atoms with van der Waals surface area (Å²) in [5.41, 5.74) is 3.02. The summed E-state index contributed by atoms with van der Waals surface area (Å²) in [6, 6.07) is 6.40. The third-order valence-corrected chi connectivity index (χ3v) is 3.62. The number of aryl methyl sites for hydroxylation is 2. The number of aromatic nitrogens is 2. The highest BCUT2D eigenvalue weighted by Crippen LogP contribution is 2.46. The second kappa shape index (κ2) is 7.49. The van der Waals surface area contributed by atoms with Crippen LogP contribution in [0, 0.1) is 0 Å². The number of rotatable bonds is 6. The lowest BCUT2D eigenvalue weighted by atomic mass is 10.1. The van der Waals surface area contributed by atoms with Crippen molar-refractivity contribution in [2.75, 3.05) is 5.43 Å². The van der Waals surface area contributed by atoms with Crippen molar-refractivity contribution in [2.24, 2.45) is 0 Å². The highest BCUT2D eigenvalue weighted by molar-refractivity contribution is 5.90. The van der Waals surface area contributed by atoms with E-state index in [1.54, 1.807) is 24.5 Å². The topological polar surface area (TPSA) is 45.9 Å². The summed E-state index contributed by atoms with van der Waals surface area (Å²) in [5, 5.41) is 0. The molecule has 2 aromatic rings. The van der Waals surface area contributed by atoms with E-state index in [1.165, 1.54) is 17.6 Å². The molecule has 11 heteroatoms. The molecule has 0 unspecified atom stereocenters. The van der Waals surface area contributed by atoms with Crippen molar-refractivity contribution < 1.29 is 40.2 Å². The van der Waals surface area contributed by atoms with Gasteiger partial charge in [-0.05, 0) is 36.1 Å². The molecule has 0 radical (unpaired) electrons. The standard InChI is InChI=1S/C16H12F7N3O/c17-14(18,15(19,20)16(21,22)23)13(27)25-26-9-5-12(6-10-26)2-1-11-3-7-24-8-4-11/h3-10H,1-2H2/p+1. The molecule has 0 bridgehead atoms. The fraction of sp³-hybridized carbons (Fsp3) is 0.312. The summed E-state index contributed by atoms with van der Waals surface area (Å²) in [5.74, 6) is -15.3. The molecule has 2 heterocycles. The maximum Gasteiger partial charge on any atom is 0.460 e. The van der Waals surface area contributed by atoms with Crippen molar-refractivity contribution in [3.05, 3.63) is 60.2 Å². The lowest BCUT2D eigenvalue weighted by molar-refractivity contribution is -0.643. The Hall–Kier alpha value is -2.72. The summed E-state index contributed by atoms with van der Waals surface area (Å²) in [6.45, 7) is 0. The van der Waals surface area contributed by atoms with E-state index in [0.29, 0.717) is 17.5 Å². The number of halogens is 7. The molecule has 0 saturated carbocycles. The Morgan fingerprint density at radius 1 is 0.889 bits per heavy atom. The Bertz CT molecular complexity index is 777. The molecule has 2 aromatic heterocycles. The van der Waals surface area contributed by atoms with E-state index < -0.39 is 23.9 Å². The van der Waals surface area contributed by atoms with Crippen LogP contribution in [0.4, 0.5) is 30.7 Å². The van der Waals surface area contributed by atoms with E-state index in [4.69, 9.17) is 0 Å². The monoisotopic (exact) mass is 396 g/mol. The zero-order chi connectivity index (χ0) is 20.3. The minimum Gasteiger partial charge on any atom is -0.265 e. The number of nitrogens with zero attached hydrogens (tertiary/aromatic N) is 2. The molecule has 146 valence electrons. The van der Waals surface area contributed by atoms with E-state index in [2.05, 4.69) is 4.98 Å².